The molecule has 5 nitrogen and oxygen atoms in total. The number of rotatable bonds is 5. The normalized spacial score (nSPS) is 25.1. The van der Waals surface area contributed by atoms with E-state index < -0.39 is 0 Å². The van der Waals surface area contributed by atoms with Crippen molar-refractivity contribution < 1.29 is 5.11 Å². The molecule has 1 fully saturated rings. The Kier molecular flexibility index (Phi) is 4.79. The summed E-state index contributed by atoms with van der Waals surface area (Å²) in [5.74, 6) is 0.785. The summed E-state index contributed by atoms with van der Waals surface area (Å²) in [6.07, 6.45) is 6.50. The molecule has 0 amide bonds. The van der Waals surface area contributed by atoms with E-state index in [9.17, 15) is 0 Å². The molecule has 0 spiro atoms. The van der Waals surface area contributed by atoms with Crippen LogP contribution in [0, 0.1) is 5.92 Å². The summed E-state index contributed by atoms with van der Waals surface area (Å²) in [5, 5.41) is 22.1. The molecule has 6 heteroatoms. The largest absolute Gasteiger partial charge is 0.394 e. The Morgan fingerprint density at radius 3 is 3.00 bits per heavy atom. The van der Waals surface area contributed by atoms with E-state index in [1.807, 2.05) is 0 Å². The summed E-state index contributed by atoms with van der Waals surface area (Å²) >= 11 is 1.79. The van der Waals surface area contributed by atoms with Crippen LogP contribution in [-0.2, 0) is 6.54 Å². The van der Waals surface area contributed by atoms with Gasteiger partial charge in [0.2, 0.25) is 5.16 Å². The van der Waals surface area contributed by atoms with Crippen molar-refractivity contribution in [3.63, 3.8) is 0 Å². The van der Waals surface area contributed by atoms with E-state index in [1.165, 1.54) is 32.1 Å². The van der Waals surface area contributed by atoms with Crippen molar-refractivity contribution in [1.82, 2.24) is 20.2 Å². The van der Waals surface area contributed by atoms with Gasteiger partial charge in [-0.2, -0.15) is 0 Å². The van der Waals surface area contributed by atoms with Gasteiger partial charge in [-0.1, -0.05) is 37.9 Å². The van der Waals surface area contributed by atoms with Gasteiger partial charge in [0.25, 0.3) is 0 Å². The smallest absolute Gasteiger partial charge is 0.209 e. The molecule has 1 saturated carbocycles. The molecule has 0 radical (unpaired) electrons. The van der Waals surface area contributed by atoms with Crippen molar-refractivity contribution >= 4 is 11.8 Å². The lowest BCUT2D eigenvalue weighted by molar-refractivity contribution is 0.262. The molecule has 1 aliphatic rings. The highest BCUT2D eigenvalue weighted by Gasteiger charge is 2.26. The predicted octanol–water partition coefficient (Wildman–Crippen LogP) is 1.73. The first kappa shape index (κ1) is 12.8. The number of aliphatic hydroxyl groups excluding tert-OH is 1. The van der Waals surface area contributed by atoms with Gasteiger partial charge in [-0.25, -0.2) is 4.68 Å². The molecule has 1 heterocycles. The van der Waals surface area contributed by atoms with Crippen molar-refractivity contribution in [3.05, 3.63) is 0 Å². The molecule has 2 atom stereocenters. The Morgan fingerprint density at radius 1 is 1.41 bits per heavy atom. The van der Waals surface area contributed by atoms with Crippen LogP contribution in [-0.4, -0.2) is 37.2 Å². The third kappa shape index (κ3) is 3.19. The maximum atomic E-state index is 8.94. The second-order valence-corrected chi connectivity index (χ2v) is 5.72. The molecule has 1 aliphatic carbocycles. The summed E-state index contributed by atoms with van der Waals surface area (Å²) in [6, 6.07) is 0. The van der Waals surface area contributed by atoms with Gasteiger partial charge in [0.15, 0.2) is 0 Å². The number of tetrazole rings is 1. The second-order valence-electron chi connectivity index (χ2n) is 4.52. The standard InChI is InChI=1S/C11H20N4OS/c1-2-9-5-3-4-6-10(9)17-11-12-13-14-15(11)7-8-16/h9-10,16H,2-8H2,1H3. The summed E-state index contributed by atoms with van der Waals surface area (Å²) in [5.41, 5.74) is 0. The number of thioether (sulfide) groups is 1. The van der Waals surface area contributed by atoms with Crippen molar-refractivity contribution in [2.45, 2.75) is 56.0 Å². The Morgan fingerprint density at radius 2 is 2.24 bits per heavy atom. The average Bonchev–Trinajstić information content (AvgIpc) is 2.78. The van der Waals surface area contributed by atoms with Crippen molar-refractivity contribution in [3.8, 4) is 0 Å². The zero-order valence-electron chi connectivity index (χ0n) is 10.2. The van der Waals surface area contributed by atoms with Crippen molar-refractivity contribution in [2.75, 3.05) is 6.61 Å². The highest BCUT2D eigenvalue weighted by molar-refractivity contribution is 7.99. The zero-order valence-corrected chi connectivity index (χ0v) is 11.1. The lowest BCUT2D eigenvalue weighted by Gasteiger charge is -2.29. The lowest BCUT2D eigenvalue weighted by atomic mass is 9.87. The van der Waals surface area contributed by atoms with Gasteiger partial charge in [-0.05, 0) is 29.2 Å². The molecular formula is C11H20N4OS. The number of hydrogen-bond acceptors (Lipinski definition) is 5. The van der Waals surface area contributed by atoms with Gasteiger partial charge in [0.1, 0.15) is 0 Å². The van der Waals surface area contributed by atoms with Crippen LogP contribution < -0.4 is 0 Å². The van der Waals surface area contributed by atoms with E-state index in [2.05, 4.69) is 22.4 Å². The first-order chi connectivity index (χ1) is 8.35. The highest BCUT2D eigenvalue weighted by atomic mass is 32.2. The Balaban J connectivity index is 2.00. The minimum atomic E-state index is 0.0838. The van der Waals surface area contributed by atoms with E-state index in [0.29, 0.717) is 11.8 Å². The van der Waals surface area contributed by atoms with E-state index in [4.69, 9.17) is 5.11 Å². The van der Waals surface area contributed by atoms with Gasteiger partial charge < -0.3 is 5.11 Å². The summed E-state index contributed by atoms with van der Waals surface area (Å²) in [6.45, 7) is 2.83. The number of nitrogens with zero attached hydrogens (tertiary/aromatic N) is 4. The number of aliphatic hydroxyl groups is 1. The molecule has 0 bridgehead atoms. The lowest BCUT2D eigenvalue weighted by Crippen LogP contribution is -2.22. The fourth-order valence-electron chi connectivity index (χ4n) is 2.45. The van der Waals surface area contributed by atoms with Crippen LogP contribution in [0.1, 0.15) is 39.0 Å². The first-order valence-electron chi connectivity index (χ1n) is 6.38. The fourth-order valence-corrected chi connectivity index (χ4v) is 3.86. The third-order valence-electron chi connectivity index (χ3n) is 3.43. The minimum Gasteiger partial charge on any atom is -0.394 e. The van der Waals surface area contributed by atoms with Crippen LogP contribution in [0.4, 0.5) is 0 Å². The van der Waals surface area contributed by atoms with Gasteiger partial charge in [-0.15, -0.1) is 5.10 Å². The molecule has 0 aliphatic heterocycles. The van der Waals surface area contributed by atoms with Crippen LogP contribution >= 0.6 is 11.8 Å². The molecule has 1 aromatic heterocycles. The monoisotopic (exact) mass is 256 g/mol. The molecule has 0 saturated heterocycles. The Hall–Kier alpha value is -0.620. The summed E-state index contributed by atoms with van der Waals surface area (Å²) in [7, 11) is 0. The van der Waals surface area contributed by atoms with Crippen LogP contribution in [0.15, 0.2) is 5.16 Å². The average molecular weight is 256 g/mol. The van der Waals surface area contributed by atoms with Crippen molar-refractivity contribution in [2.24, 2.45) is 5.92 Å². The Bertz CT molecular complexity index is 344. The van der Waals surface area contributed by atoms with E-state index >= 15 is 0 Å². The predicted molar refractivity (Wildman–Crippen MR) is 66.8 cm³/mol. The maximum Gasteiger partial charge on any atom is 0.209 e. The summed E-state index contributed by atoms with van der Waals surface area (Å²) in [4.78, 5) is 0. The van der Waals surface area contributed by atoms with Crippen LogP contribution in [0.25, 0.3) is 0 Å². The maximum absolute atomic E-state index is 8.94. The quantitative estimate of drug-likeness (QED) is 0.869. The van der Waals surface area contributed by atoms with Gasteiger partial charge in [0.05, 0.1) is 13.2 Å². The molecule has 2 unspecified atom stereocenters. The second kappa shape index (κ2) is 6.35. The highest BCUT2D eigenvalue weighted by Crippen LogP contribution is 2.37. The van der Waals surface area contributed by atoms with E-state index in [-0.39, 0.29) is 6.61 Å². The SMILES string of the molecule is CCC1CCCCC1Sc1nnnn1CCO. The van der Waals surface area contributed by atoms with Crippen LogP contribution in [0.5, 0.6) is 0 Å². The van der Waals surface area contributed by atoms with Crippen LogP contribution in [0.2, 0.25) is 0 Å². The first-order valence-corrected chi connectivity index (χ1v) is 7.26. The topological polar surface area (TPSA) is 63.8 Å². The Labute approximate surface area is 106 Å². The van der Waals surface area contributed by atoms with Gasteiger partial charge >= 0.3 is 0 Å². The minimum absolute atomic E-state index is 0.0838. The molecule has 96 valence electrons. The number of hydrogen-bond donors (Lipinski definition) is 1. The van der Waals surface area contributed by atoms with Gasteiger partial charge in [-0.3, -0.25) is 0 Å². The van der Waals surface area contributed by atoms with Gasteiger partial charge in [0, 0.05) is 5.25 Å². The number of aromatic nitrogens is 4. The van der Waals surface area contributed by atoms with E-state index in [1.54, 1.807) is 16.4 Å². The summed E-state index contributed by atoms with van der Waals surface area (Å²) < 4.78 is 1.70. The zero-order chi connectivity index (χ0) is 12.1. The van der Waals surface area contributed by atoms with Crippen LogP contribution in [0.3, 0.4) is 0 Å². The van der Waals surface area contributed by atoms with Crippen molar-refractivity contribution in [1.29, 1.82) is 0 Å². The molecule has 0 aromatic carbocycles. The third-order valence-corrected chi connectivity index (χ3v) is 4.86. The molecule has 1 aromatic rings. The molecule has 1 N–H and O–H groups in total. The fraction of sp³-hybridized carbons (Fsp3) is 0.909. The molecule has 2 rings (SSSR count). The molecular weight excluding hydrogens is 236 g/mol. The van der Waals surface area contributed by atoms with E-state index in [0.717, 1.165) is 11.1 Å². The molecule has 17 heavy (non-hydrogen) atoms.